The van der Waals surface area contributed by atoms with Crippen LogP contribution >= 0.6 is 0 Å². The second kappa shape index (κ2) is 9.15. The number of ether oxygens (including phenoxy) is 1. The first-order valence-corrected chi connectivity index (χ1v) is 13.3. The van der Waals surface area contributed by atoms with Crippen molar-refractivity contribution in [3.63, 3.8) is 0 Å². The van der Waals surface area contributed by atoms with E-state index in [2.05, 4.69) is 37.1 Å². The summed E-state index contributed by atoms with van der Waals surface area (Å²) in [5.41, 5.74) is 5.14. The molecule has 0 aliphatic carbocycles. The van der Waals surface area contributed by atoms with Crippen molar-refractivity contribution < 1.29 is 14.1 Å². The molecule has 0 unspecified atom stereocenters. The Morgan fingerprint density at radius 3 is 2.55 bits per heavy atom. The van der Waals surface area contributed by atoms with E-state index in [-0.39, 0.29) is 18.0 Å². The minimum Gasteiger partial charge on any atom is -0.488 e. The van der Waals surface area contributed by atoms with Gasteiger partial charge in [0.25, 0.3) is 0 Å². The molecule has 6 rings (SSSR count). The molecule has 9 heteroatoms. The minimum atomic E-state index is -0.395. The van der Waals surface area contributed by atoms with Crippen molar-refractivity contribution in [3.8, 4) is 16.9 Å². The molecule has 1 aromatic carbocycles. The van der Waals surface area contributed by atoms with Gasteiger partial charge >= 0.3 is 0 Å². The summed E-state index contributed by atoms with van der Waals surface area (Å²) >= 11 is 0. The number of pyridine rings is 1. The van der Waals surface area contributed by atoms with E-state index in [0.29, 0.717) is 6.61 Å². The van der Waals surface area contributed by atoms with E-state index < -0.39 is 5.41 Å². The van der Waals surface area contributed by atoms with Gasteiger partial charge in [-0.2, -0.15) is 0 Å². The lowest BCUT2D eigenvalue weighted by Crippen LogP contribution is -2.48. The molecule has 1 N–H and O–H groups in total. The number of piperidine rings is 1. The first-order chi connectivity index (χ1) is 18.2. The predicted molar refractivity (Wildman–Crippen MR) is 145 cm³/mol. The molecule has 1 atom stereocenters. The molecule has 0 saturated carbocycles. The summed E-state index contributed by atoms with van der Waals surface area (Å²) in [6.45, 7) is 11.8. The zero-order chi connectivity index (χ0) is 26.6. The van der Waals surface area contributed by atoms with Gasteiger partial charge in [-0.15, -0.1) is 0 Å². The second-order valence-corrected chi connectivity index (χ2v) is 11.4. The Morgan fingerprint density at radius 1 is 1.11 bits per heavy atom. The third kappa shape index (κ3) is 4.10. The third-order valence-electron chi connectivity index (χ3n) is 7.61. The number of nitrogens with zero attached hydrogens (tertiary/aromatic N) is 5. The van der Waals surface area contributed by atoms with Gasteiger partial charge in [0.15, 0.2) is 5.75 Å². The summed E-state index contributed by atoms with van der Waals surface area (Å²) in [5, 5.41) is 7.41. The second-order valence-electron chi connectivity index (χ2n) is 11.4. The SMILES string of the molecule is Cc1noc(C)c1-c1ccc2nc(N3CCC(NC(=O)C(C)(C)C)CC3)n3c2c1OC[C@@H]3c1ccccn1. The molecule has 2 aliphatic rings. The van der Waals surface area contributed by atoms with Gasteiger partial charge < -0.3 is 19.5 Å². The molecule has 2 aliphatic heterocycles. The van der Waals surface area contributed by atoms with E-state index in [9.17, 15) is 4.79 Å². The predicted octanol–water partition coefficient (Wildman–Crippen LogP) is 4.82. The van der Waals surface area contributed by atoms with Crippen molar-refractivity contribution >= 4 is 22.9 Å². The molecule has 4 aromatic rings. The molecule has 0 bridgehead atoms. The smallest absolute Gasteiger partial charge is 0.225 e. The van der Waals surface area contributed by atoms with Crippen LogP contribution in [0.3, 0.4) is 0 Å². The summed E-state index contributed by atoms with van der Waals surface area (Å²) in [5.74, 6) is 2.58. The van der Waals surface area contributed by atoms with Crippen molar-refractivity contribution in [2.24, 2.45) is 5.41 Å². The highest BCUT2D eigenvalue weighted by Crippen LogP contribution is 2.46. The summed E-state index contributed by atoms with van der Waals surface area (Å²) in [6, 6.07) is 10.2. The maximum atomic E-state index is 12.6. The number of anilines is 1. The monoisotopic (exact) mass is 514 g/mol. The molecular weight excluding hydrogens is 480 g/mol. The van der Waals surface area contributed by atoms with Gasteiger partial charge in [0.05, 0.1) is 22.5 Å². The molecule has 38 heavy (non-hydrogen) atoms. The molecule has 3 aromatic heterocycles. The molecular formula is C29H34N6O3. The van der Waals surface area contributed by atoms with Crippen LogP contribution in [-0.4, -0.2) is 51.3 Å². The molecule has 1 fully saturated rings. The molecule has 5 heterocycles. The quantitative estimate of drug-likeness (QED) is 0.417. The molecule has 1 amide bonds. The van der Waals surface area contributed by atoms with Crippen LogP contribution in [0.5, 0.6) is 5.75 Å². The summed E-state index contributed by atoms with van der Waals surface area (Å²) in [4.78, 5) is 24.7. The van der Waals surface area contributed by atoms with Gasteiger partial charge in [0, 0.05) is 36.3 Å². The van der Waals surface area contributed by atoms with Crippen LogP contribution in [0.2, 0.25) is 0 Å². The zero-order valence-electron chi connectivity index (χ0n) is 22.6. The first-order valence-electron chi connectivity index (χ1n) is 13.3. The number of aromatic nitrogens is 4. The normalized spacial score (nSPS) is 18.0. The number of rotatable bonds is 4. The molecule has 198 valence electrons. The standard InChI is InChI=1S/C29H34N6O3/c1-17-24(18(2)38-33-17)20-9-10-22-25-26(20)37-16-23(21-8-6-7-13-30-21)35(25)28(32-22)34-14-11-19(12-15-34)31-27(36)29(3,4)5/h6-10,13,19,23H,11-12,14-16H2,1-5H3,(H,31,36)/t23-/m1/s1. The highest BCUT2D eigenvalue weighted by Gasteiger charge is 2.35. The Labute approximate surface area is 222 Å². The zero-order valence-corrected chi connectivity index (χ0v) is 22.6. The van der Waals surface area contributed by atoms with Crippen LogP contribution in [0.1, 0.15) is 56.8 Å². The van der Waals surface area contributed by atoms with Gasteiger partial charge in [0.1, 0.15) is 23.9 Å². The Balaban J connectivity index is 1.41. The number of carbonyl (C=O) groups is 1. The van der Waals surface area contributed by atoms with E-state index in [4.69, 9.17) is 14.2 Å². The lowest BCUT2D eigenvalue weighted by atomic mass is 9.94. The van der Waals surface area contributed by atoms with E-state index in [1.807, 2.05) is 59.0 Å². The number of amides is 1. The number of imidazole rings is 1. The lowest BCUT2D eigenvalue weighted by molar-refractivity contribution is -0.129. The molecule has 0 spiro atoms. The van der Waals surface area contributed by atoms with Crippen molar-refractivity contribution in [1.29, 1.82) is 0 Å². The highest BCUT2D eigenvalue weighted by atomic mass is 16.5. The molecule has 9 nitrogen and oxygen atoms in total. The number of aryl methyl sites for hydroxylation is 2. The van der Waals surface area contributed by atoms with Gasteiger partial charge in [-0.1, -0.05) is 32.0 Å². The molecule has 0 radical (unpaired) electrons. The number of hydrogen-bond donors (Lipinski definition) is 1. The van der Waals surface area contributed by atoms with Gasteiger partial charge in [-0.05, 0) is 51.0 Å². The van der Waals surface area contributed by atoms with Crippen LogP contribution in [-0.2, 0) is 4.79 Å². The van der Waals surface area contributed by atoms with E-state index in [1.54, 1.807) is 0 Å². The van der Waals surface area contributed by atoms with Crippen LogP contribution in [0.25, 0.3) is 22.2 Å². The van der Waals surface area contributed by atoms with Crippen molar-refractivity contribution in [3.05, 3.63) is 53.7 Å². The Kier molecular flexibility index (Phi) is 5.89. The van der Waals surface area contributed by atoms with Crippen LogP contribution in [0.4, 0.5) is 5.95 Å². The number of benzene rings is 1. The fourth-order valence-electron chi connectivity index (χ4n) is 5.53. The maximum Gasteiger partial charge on any atom is 0.225 e. The fraction of sp³-hybridized carbons (Fsp3) is 0.448. The van der Waals surface area contributed by atoms with Crippen molar-refractivity contribution in [1.82, 2.24) is 25.0 Å². The lowest BCUT2D eigenvalue weighted by Gasteiger charge is -2.36. The van der Waals surface area contributed by atoms with Gasteiger partial charge in [-0.25, -0.2) is 4.98 Å². The van der Waals surface area contributed by atoms with Crippen LogP contribution in [0.15, 0.2) is 41.1 Å². The number of carbonyl (C=O) groups excluding carboxylic acids is 1. The number of hydrogen-bond acceptors (Lipinski definition) is 7. The highest BCUT2D eigenvalue weighted by molar-refractivity contribution is 5.94. The minimum absolute atomic E-state index is 0.0986. The average molecular weight is 515 g/mol. The van der Waals surface area contributed by atoms with Crippen LogP contribution < -0.4 is 15.0 Å². The van der Waals surface area contributed by atoms with Crippen molar-refractivity contribution in [2.75, 3.05) is 24.6 Å². The van der Waals surface area contributed by atoms with E-state index in [1.165, 1.54) is 0 Å². The summed E-state index contributed by atoms with van der Waals surface area (Å²) in [7, 11) is 0. The van der Waals surface area contributed by atoms with E-state index >= 15 is 0 Å². The Morgan fingerprint density at radius 2 is 1.89 bits per heavy atom. The largest absolute Gasteiger partial charge is 0.488 e. The maximum absolute atomic E-state index is 12.6. The fourth-order valence-corrected chi connectivity index (χ4v) is 5.53. The van der Waals surface area contributed by atoms with Gasteiger partial charge in [-0.3, -0.25) is 14.3 Å². The van der Waals surface area contributed by atoms with Gasteiger partial charge in [0.2, 0.25) is 11.9 Å². The third-order valence-corrected chi connectivity index (χ3v) is 7.61. The summed E-state index contributed by atoms with van der Waals surface area (Å²) in [6.07, 6.45) is 3.56. The number of nitrogens with one attached hydrogen (secondary N) is 1. The van der Waals surface area contributed by atoms with Crippen molar-refractivity contribution in [2.45, 2.75) is 59.5 Å². The first kappa shape index (κ1) is 24.5. The Hall–Kier alpha value is -3.88. The molecule has 1 saturated heterocycles. The summed E-state index contributed by atoms with van der Waals surface area (Å²) < 4.78 is 14.3. The van der Waals surface area contributed by atoms with E-state index in [0.717, 1.165) is 76.9 Å². The average Bonchev–Trinajstić information content (AvgIpc) is 3.46. The van der Waals surface area contributed by atoms with Crippen LogP contribution in [0, 0.1) is 19.3 Å². The Bertz CT molecular complexity index is 1470. The topological polar surface area (TPSA) is 98.3 Å².